The number of pyridine rings is 1. The van der Waals surface area contributed by atoms with Crippen LogP contribution < -0.4 is 14.2 Å². The normalized spacial score (nSPS) is 12.0. The molecule has 2 aromatic heterocycles. The molecule has 0 unspecified atom stereocenters. The summed E-state index contributed by atoms with van der Waals surface area (Å²) in [6, 6.07) is 8.56. The van der Waals surface area contributed by atoms with Crippen molar-refractivity contribution in [1.82, 2.24) is 10.1 Å². The summed E-state index contributed by atoms with van der Waals surface area (Å²) in [4.78, 5) is 14.6. The Labute approximate surface area is 204 Å². The number of hydrogen-bond donors (Lipinski definition) is 1. The van der Waals surface area contributed by atoms with Crippen LogP contribution in [0.15, 0.2) is 41.1 Å². The van der Waals surface area contributed by atoms with E-state index in [-0.39, 0.29) is 41.9 Å². The van der Waals surface area contributed by atoms with Gasteiger partial charge in [-0.05, 0) is 30.0 Å². The molecule has 8 nitrogen and oxygen atoms in total. The van der Waals surface area contributed by atoms with Crippen molar-refractivity contribution in [2.75, 3.05) is 13.7 Å². The summed E-state index contributed by atoms with van der Waals surface area (Å²) in [5, 5.41) is 12.9. The predicted molar refractivity (Wildman–Crippen MR) is 127 cm³/mol. The van der Waals surface area contributed by atoms with Gasteiger partial charge in [-0.15, -0.1) is 0 Å². The highest BCUT2D eigenvalue weighted by Crippen LogP contribution is 2.37. The summed E-state index contributed by atoms with van der Waals surface area (Å²) < 4.78 is 36.7. The minimum absolute atomic E-state index is 0.0170. The van der Waals surface area contributed by atoms with Gasteiger partial charge in [0.25, 0.3) is 0 Å². The first-order valence-electron chi connectivity index (χ1n) is 11.6. The van der Waals surface area contributed by atoms with E-state index in [4.69, 9.17) is 23.8 Å². The van der Waals surface area contributed by atoms with Crippen LogP contribution in [0, 0.1) is 11.7 Å². The second-order valence-corrected chi connectivity index (χ2v) is 8.59. The Morgan fingerprint density at radius 2 is 1.97 bits per heavy atom. The van der Waals surface area contributed by atoms with Gasteiger partial charge in [0, 0.05) is 12.5 Å². The molecule has 0 spiro atoms. The maximum atomic E-state index is 14.5. The Morgan fingerprint density at radius 3 is 2.63 bits per heavy atom. The second-order valence-electron chi connectivity index (χ2n) is 8.59. The van der Waals surface area contributed by atoms with Crippen molar-refractivity contribution in [2.45, 2.75) is 52.6 Å². The fourth-order valence-electron chi connectivity index (χ4n) is 2.88. The van der Waals surface area contributed by atoms with Crippen LogP contribution in [0.25, 0.3) is 11.3 Å². The molecule has 2 heterocycles. The van der Waals surface area contributed by atoms with Gasteiger partial charge in [0.2, 0.25) is 11.6 Å². The fourth-order valence-corrected chi connectivity index (χ4v) is 2.88. The zero-order chi connectivity index (χ0) is 25.2. The van der Waals surface area contributed by atoms with Crippen molar-refractivity contribution in [3.8, 4) is 28.7 Å². The lowest BCUT2D eigenvalue weighted by atomic mass is 10.1. The van der Waals surface area contributed by atoms with Crippen molar-refractivity contribution in [3.05, 3.63) is 53.6 Å². The van der Waals surface area contributed by atoms with Crippen molar-refractivity contribution in [2.24, 2.45) is 5.92 Å². The minimum atomic E-state index is -0.863. The quantitative estimate of drug-likeness (QED) is 0.369. The van der Waals surface area contributed by atoms with Gasteiger partial charge in [-0.25, -0.2) is 9.37 Å². The van der Waals surface area contributed by atoms with E-state index in [0.717, 1.165) is 11.8 Å². The average molecular weight is 487 g/mol. The molecule has 1 aliphatic carbocycles. The number of carboxylic acid groups (broad SMARTS) is 1. The Balaban J connectivity index is 0.00000106. The standard InChI is InChI=1S/C23H25FN2O6.C3H6/c1-14(2)12-31-23-19(13-30-16-6-4-5-15(9-16)7-8-21(27)28)26-32-22(23)17-10-20(29-3)25-11-18(17)24;1-2-3-1/h4-6,9-11,14H,7-8,12-13H2,1-3H3,(H,27,28);1-3H2. The molecule has 0 amide bonds. The molecule has 1 fully saturated rings. The largest absolute Gasteiger partial charge is 0.487 e. The van der Waals surface area contributed by atoms with Gasteiger partial charge < -0.3 is 23.8 Å². The molecule has 3 aromatic rings. The molecule has 9 heteroatoms. The molecule has 188 valence electrons. The zero-order valence-electron chi connectivity index (χ0n) is 20.3. The topological polar surface area (TPSA) is 104 Å². The number of benzene rings is 1. The molecular formula is C26H31FN2O6. The highest BCUT2D eigenvalue weighted by molar-refractivity contribution is 5.67. The van der Waals surface area contributed by atoms with Crippen LogP contribution in [0.2, 0.25) is 0 Å². The fraction of sp³-hybridized carbons (Fsp3) is 0.423. The number of methoxy groups -OCH3 is 1. The third-order valence-corrected chi connectivity index (χ3v) is 4.82. The first-order valence-corrected chi connectivity index (χ1v) is 11.6. The van der Waals surface area contributed by atoms with E-state index in [0.29, 0.717) is 24.5 Å². The smallest absolute Gasteiger partial charge is 0.303 e. The highest BCUT2D eigenvalue weighted by Gasteiger charge is 2.24. The minimum Gasteiger partial charge on any atom is -0.487 e. The van der Waals surface area contributed by atoms with E-state index in [1.165, 1.54) is 32.4 Å². The van der Waals surface area contributed by atoms with Crippen molar-refractivity contribution < 1.29 is 33.0 Å². The number of nitrogens with zero attached hydrogens (tertiary/aromatic N) is 2. The molecule has 0 aliphatic heterocycles. The number of halogens is 1. The number of aromatic nitrogens is 2. The molecule has 35 heavy (non-hydrogen) atoms. The molecular weight excluding hydrogens is 455 g/mol. The molecule has 0 atom stereocenters. The lowest BCUT2D eigenvalue weighted by Gasteiger charge is -2.11. The number of aliphatic carboxylic acids is 1. The van der Waals surface area contributed by atoms with Gasteiger partial charge in [-0.1, -0.05) is 50.4 Å². The highest BCUT2D eigenvalue weighted by atomic mass is 19.1. The number of hydrogen-bond acceptors (Lipinski definition) is 7. The number of ether oxygens (including phenoxy) is 3. The molecule has 4 rings (SSSR count). The summed E-state index contributed by atoms with van der Waals surface area (Å²) in [5.74, 6) is -0.0688. The Morgan fingerprint density at radius 1 is 1.20 bits per heavy atom. The van der Waals surface area contributed by atoms with Crippen LogP contribution in [0.3, 0.4) is 0 Å². The maximum absolute atomic E-state index is 14.5. The second kappa shape index (κ2) is 12.7. The predicted octanol–water partition coefficient (Wildman–Crippen LogP) is 5.69. The molecule has 1 aliphatic rings. The first-order chi connectivity index (χ1) is 16.9. The van der Waals surface area contributed by atoms with Crippen LogP contribution in [-0.4, -0.2) is 34.9 Å². The van der Waals surface area contributed by atoms with Gasteiger partial charge in [-0.2, -0.15) is 0 Å². The lowest BCUT2D eigenvalue weighted by molar-refractivity contribution is -0.136. The third-order valence-electron chi connectivity index (χ3n) is 4.82. The van der Waals surface area contributed by atoms with Crippen LogP contribution in [0.4, 0.5) is 4.39 Å². The monoisotopic (exact) mass is 486 g/mol. The van der Waals surface area contributed by atoms with Gasteiger partial charge in [0.05, 0.1) is 25.5 Å². The van der Waals surface area contributed by atoms with E-state index in [1.807, 2.05) is 19.9 Å². The molecule has 1 saturated carbocycles. The molecule has 0 radical (unpaired) electrons. The first kappa shape index (κ1) is 26.0. The van der Waals surface area contributed by atoms with Crippen LogP contribution in [-0.2, 0) is 17.8 Å². The van der Waals surface area contributed by atoms with Crippen molar-refractivity contribution in [1.29, 1.82) is 0 Å². The van der Waals surface area contributed by atoms with Crippen LogP contribution >= 0.6 is 0 Å². The van der Waals surface area contributed by atoms with Crippen LogP contribution in [0.5, 0.6) is 17.4 Å². The molecule has 0 bridgehead atoms. The Bertz CT molecular complexity index is 1110. The average Bonchev–Trinajstić information content (AvgIpc) is 3.68. The SMILES string of the molecule is C1CC1.COc1cc(-c2onc(COc3cccc(CCC(=O)O)c3)c2OCC(C)C)c(F)cn1. The summed E-state index contributed by atoms with van der Waals surface area (Å²) in [7, 11) is 1.43. The number of rotatable bonds is 11. The van der Waals surface area contributed by atoms with Crippen molar-refractivity contribution in [3.63, 3.8) is 0 Å². The number of aryl methyl sites for hydroxylation is 1. The van der Waals surface area contributed by atoms with Gasteiger partial charge in [-0.3, -0.25) is 4.79 Å². The van der Waals surface area contributed by atoms with Gasteiger partial charge in [0.1, 0.15) is 12.4 Å². The summed E-state index contributed by atoms with van der Waals surface area (Å²) >= 11 is 0. The lowest BCUT2D eigenvalue weighted by Crippen LogP contribution is -2.07. The van der Waals surface area contributed by atoms with E-state index in [9.17, 15) is 9.18 Å². The molecule has 1 N–H and O–H groups in total. The van der Waals surface area contributed by atoms with Gasteiger partial charge >= 0.3 is 5.97 Å². The van der Waals surface area contributed by atoms with Crippen molar-refractivity contribution >= 4 is 5.97 Å². The maximum Gasteiger partial charge on any atom is 0.303 e. The summed E-state index contributed by atoms with van der Waals surface area (Å²) in [6.07, 6.45) is 5.97. The van der Waals surface area contributed by atoms with Gasteiger partial charge in [0.15, 0.2) is 17.3 Å². The molecule has 1 aromatic carbocycles. The molecule has 0 saturated heterocycles. The third kappa shape index (κ3) is 8.27. The zero-order valence-corrected chi connectivity index (χ0v) is 20.3. The Kier molecular flexibility index (Phi) is 9.46. The number of carbonyl (C=O) groups is 1. The Hall–Kier alpha value is -3.62. The van der Waals surface area contributed by atoms with E-state index in [2.05, 4.69) is 10.1 Å². The van der Waals surface area contributed by atoms with Crippen LogP contribution in [0.1, 0.15) is 50.8 Å². The van der Waals surface area contributed by atoms with E-state index in [1.54, 1.807) is 18.2 Å². The van der Waals surface area contributed by atoms with E-state index >= 15 is 0 Å². The van der Waals surface area contributed by atoms with E-state index < -0.39 is 11.8 Å². The summed E-state index contributed by atoms with van der Waals surface area (Å²) in [5.41, 5.74) is 1.32. The number of carboxylic acids is 1. The summed E-state index contributed by atoms with van der Waals surface area (Å²) in [6.45, 7) is 4.36.